The number of ether oxygens (including phenoxy) is 3. The summed E-state index contributed by atoms with van der Waals surface area (Å²) in [5.74, 6) is -1.10. The monoisotopic (exact) mass is 566 g/mol. The number of thiophene rings is 1. The third kappa shape index (κ3) is 6.10. The smallest absolute Gasteiger partial charge is 0.341 e. The molecule has 2 heterocycles. The van der Waals surface area contributed by atoms with Crippen molar-refractivity contribution in [2.75, 3.05) is 25.6 Å². The van der Waals surface area contributed by atoms with Gasteiger partial charge < -0.3 is 19.5 Å². The Labute approximate surface area is 240 Å². The Kier molecular flexibility index (Phi) is 8.36. The van der Waals surface area contributed by atoms with Crippen LogP contribution in [0.2, 0.25) is 0 Å². The van der Waals surface area contributed by atoms with E-state index in [-0.39, 0.29) is 17.7 Å². The van der Waals surface area contributed by atoms with Crippen LogP contribution in [0.5, 0.6) is 5.75 Å². The summed E-state index contributed by atoms with van der Waals surface area (Å²) in [6.07, 6.45) is 0. The Hall–Kier alpha value is -5.02. The van der Waals surface area contributed by atoms with Gasteiger partial charge in [-0.3, -0.25) is 4.79 Å². The molecule has 2 aromatic heterocycles. The van der Waals surface area contributed by atoms with E-state index in [4.69, 9.17) is 19.2 Å². The number of esters is 2. The zero-order valence-electron chi connectivity index (χ0n) is 22.4. The van der Waals surface area contributed by atoms with Crippen molar-refractivity contribution in [2.24, 2.45) is 0 Å². The first-order valence-corrected chi connectivity index (χ1v) is 13.7. The van der Waals surface area contributed by atoms with E-state index < -0.39 is 24.5 Å². The van der Waals surface area contributed by atoms with Crippen LogP contribution in [0.1, 0.15) is 27.6 Å². The van der Waals surface area contributed by atoms with Crippen LogP contribution < -0.4 is 10.1 Å². The highest BCUT2D eigenvalue weighted by atomic mass is 32.1. The molecule has 3 aromatic carbocycles. The molecule has 0 aliphatic heterocycles. The average Bonchev–Trinajstić information content (AvgIpc) is 3.43. The summed E-state index contributed by atoms with van der Waals surface area (Å²) in [6.45, 7) is 1.35. The number of nitrogens with zero attached hydrogens (tertiary/aromatic N) is 1. The average molecular weight is 567 g/mol. The number of anilines is 1. The molecule has 5 aromatic rings. The molecule has 9 heteroatoms. The number of benzene rings is 3. The van der Waals surface area contributed by atoms with E-state index in [1.807, 2.05) is 66.7 Å². The molecule has 8 nitrogen and oxygen atoms in total. The molecule has 0 aliphatic rings. The van der Waals surface area contributed by atoms with Crippen LogP contribution in [-0.4, -0.2) is 43.2 Å². The third-order valence-corrected chi connectivity index (χ3v) is 7.16. The molecule has 0 spiro atoms. The van der Waals surface area contributed by atoms with Crippen molar-refractivity contribution < 1.29 is 28.6 Å². The standard InChI is InChI=1S/C32H26N2O6S/c1-3-39-32(37)29-25(20-9-5-4-6-10-20)19-41-30(29)34-28(35)18-40-31(36)24-17-27(21-13-15-22(38-2)16-14-21)33-26-12-8-7-11-23(24)26/h4-17,19H,3,18H2,1-2H3,(H,34,35). The first-order chi connectivity index (χ1) is 20.0. The lowest BCUT2D eigenvalue weighted by atomic mass is 10.0. The fourth-order valence-corrected chi connectivity index (χ4v) is 5.29. The summed E-state index contributed by atoms with van der Waals surface area (Å²) >= 11 is 1.20. The van der Waals surface area contributed by atoms with E-state index in [1.165, 1.54) is 11.3 Å². The summed E-state index contributed by atoms with van der Waals surface area (Å²) in [6, 6.07) is 25.6. The second-order valence-electron chi connectivity index (χ2n) is 8.87. The molecule has 0 saturated heterocycles. The lowest BCUT2D eigenvalue weighted by Gasteiger charge is -2.11. The topological polar surface area (TPSA) is 104 Å². The quantitative estimate of drug-likeness (QED) is 0.200. The molecule has 0 aliphatic carbocycles. The van der Waals surface area contributed by atoms with E-state index in [1.54, 1.807) is 37.6 Å². The van der Waals surface area contributed by atoms with E-state index in [9.17, 15) is 14.4 Å². The molecule has 1 N–H and O–H groups in total. The lowest BCUT2D eigenvalue weighted by Crippen LogP contribution is -2.22. The predicted molar refractivity (Wildman–Crippen MR) is 158 cm³/mol. The van der Waals surface area contributed by atoms with Crippen molar-refractivity contribution >= 4 is 45.1 Å². The van der Waals surface area contributed by atoms with Crippen LogP contribution in [0.4, 0.5) is 5.00 Å². The van der Waals surface area contributed by atoms with Gasteiger partial charge in [-0.1, -0.05) is 48.5 Å². The predicted octanol–water partition coefficient (Wildman–Crippen LogP) is 6.61. The van der Waals surface area contributed by atoms with E-state index in [0.717, 1.165) is 11.1 Å². The summed E-state index contributed by atoms with van der Waals surface area (Å²) in [4.78, 5) is 43.6. The van der Waals surface area contributed by atoms with Gasteiger partial charge in [0.1, 0.15) is 16.3 Å². The van der Waals surface area contributed by atoms with Gasteiger partial charge in [0.25, 0.3) is 5.91 Å². The molecule has 41 heavy (non-hydrogen) atoms. The molecule has 0 fully saturated rings. The summed E-state index contributed by atoms with van der Waals surface area (Å²) in [5.41, 5.74) is 3.99. The molecule has 0 bridgehead atoms. The van der Waals surface area contributed by atoms with Gasteiger partial charge in [-0.15, -0.1) is 11.3 Å². The highest BCUT2D eigenvalue weighted by Crippen LogP contribution is 2.36. The number of aromatic nitrogens is 1. The number of hydrogen-bond acceptors (Lipinski definition) is 8. The Balaban J connectivity index is 1.36. The lowest BCUT2D eigenvalue weighted by molar-refractivity contribution is -0.119. The van der Waals surface area contributed by atoms with Crippen molar-refractivity contribution in [1.82, 2.24) is 4.98 Å². The van der Waals surface area contributed by atoms with E-state index >= 15 is 0 Å². The largest absolute Gasteiger partial charge is 0.497 e. The Morgan fingerprint density at radius 2 is 1.59 bits per heavy atom. The molecule has 0 saturated carbocycles. The van der Waals surface area contributed by atoms with Gasteiger partial charge >= 0.3 is 11.9 Å². The fraction of sp³-hybridized carbons (Fsp3) is 0.125. The number of rotatable bonds is 9. The minimum Gasteiger partial charge on any atom is -0.497 e. The number of pyridine rings is 1. The van der Waals surface area contributed by atoms with Crippen LogP contribution in [0, 0.1) is 0 Å². The molecule has 1 amide bonds. The first-order valence-electron chi connectivity index (χ1n) is 12.8. The Morgan fingerprint density at radius 1 is 0.854 bits per heavy atom. The second kappa shape index (κ2) is 12.4. The van der Waals surface area contributed by atoms with Crippen molar-refractivity contribution in [2.45, 2.75) is 6.92 Å². The fourth-order valence-electron chi connectivity index (χ4n) is 4.31. The second-order valence-corrected chi connectivity index (χ2v) is 9.74. The van der Waals surface area contributed by atoms with Crippen molar-refractivity contribution in [3.63, 3.8) is 0 Å². The van der Waals surface area contributed by atoms with Crippen molar-refractivity contribution in [3.8, 4) is 28.1 Å². The SMILES string of the molecule is CCOC(=O)c1c(-c2ccccc2)csc1NC(=O)COC(=O)c1cc(-c2ccc(OC)cc2)nc2ccccc12. The molecule has 0 radical (unpaired) electrons. The zero-order chi connectivity index (χ0) is 28.8. The van der Waals surface area contributed by atoms with Gasteiger partial charge in [0.2, 0.25) is 0 Å². The molecule has 5 rings (SSSR count). The van der Waals surface area contributed by atoms with Gasteiger partial charge in [-0.2, -0.15) is 0 Å². The van der Waals surface area contributed by atoms with Crippen molar-refractivity contribution in [3.05, 3.63) is 101 Å². The first kappa shape index (κ1) is 27.5. The third-order valence-electron chi connectivity index (χ3n) is 6.26. The molecular formula is C32H26N2O6S. The minimum absolute atomic E-state index is 0.187. The molecule has 0 atom stereocenters. The number of amides is 1. The van der Waals surface area contributed by atoms with E-state index in [0.29, 0.717) is 32.9 Å². The van der Waals surface area contributed by atoms with Crippen LogP contribution in [-0.2, 0) is 14.3 Å². The number of hydrogen-bond donors (Lipinski definition) is 1. The Bertz CT molecular complexity index is 1710. The summed E-state index contributed by atoms with van der Waals surface area (Å²) in [5, 5.41) is 5.42. The zero-order valence-corrected chi connectivity index (χ0v) is 23.2. The van der Waals surface area contributed by atoms with Gasteiger partial charge in [-0.25, -0.2) is 14.6 Å². The Morgan fingerprint density at radius 3 is 2.32 bits per heavy atom. The maximum atomic E-state index is 13.2. The summed E-state index contributed by atoms with van der Waals surface area (Å²) in [7, 11) is 1.59. The van der Waals surface area contributed by atoms with Gasteiger partial charge in [-0.05, 0) is 48.9 Å². The normalized spacial score (nSPS) is 10.7. The molecular weight excluding hydrogens is 540 g/mol. The van der Waals surface area contributed by atoms with Gasteiger partial charge in [0, 0.05) is 21.9 Å². The minimum atomic E-state index is -0.671. The van der Waals surface area contributed by atoms with Crippen LogP contribution in [0.25, 0.3) is 33.3 Å². The number of para-hydroxylation sites is 1. The van der Waals surface area contributed by atoms with Crippen LogP contribution in [0.3, 0.4) is 0 Å². The van der Waals surface area contributed by atoms with Crippen molar-refractivity contribution in [1.29, 1.82) is 0 Å². The number of carbonyl (C=O) groups is 3. The maximum Gasteiger partial charge on any atom is 0.341 e. The van der Waals surface area contributed by atoms with E-state index in [2.05, 4.69) is 5.32 Å². The number of carbonyl (C=O) groups excluding carboxylic acids is 3. The maximum absolute atomic E-state index is 13.2. The van der Waals surface area contributed by atoms with Gasteiger partial charge in [0.15, 0.2) is 6.61 Å². The van der Waals surface area contributed by atoms with Gasteiger partial charge in [0.05, 0.1) is 30.5 Å². The van der Waals surface area contributed by atoms with Crippen LogP contribution in [0.15, 0.2) is 90.3 Å². The number of methoxy groups -OCH3 is 1. The van der Waals surface area contributed by atoms with Crippen LogP contribution >= 0.6 is 11.3 Å². The highest BCUT2D eigenvalue weighted by molar-refractivity contribution is 7.15. The summed E-state index contributed by atoms with van der Waals surface area (Å²) < 4.78 is 15.9. The highest BCUT2D eigenvalue weighted by Gasteiger charge is 2.23. The number of fused-ring (bicyclic) bond motifs is 1. The molecule has 206 valence electrons. The molecule has 0 unspecified atom stereocenters. The number of nitrogens with one attached hydrogen (secondary N) is 1.